The van der Waals surface area contributed by atoms with E-state index < -0.39 is 0 Å². The highest BCUT2D eigenvalue weighted by Crippen LogP contribution is 2.32. The summed E-state index contributed by atoms with van der Waals surface area (Å²) < 4.78 is 4.45. The van der Waals surface area contributed by atoms with Gasteiger partial charge in [-0.15, -0.1) is 0 Å². The van der Waals surface area contributed by atoms with Gasteiger partial charge < -0.3 is 19.8 Å². The van der Waals surface area contributed by atoms with Crippen LogP contribution < -0.4 is 5.73 Å². The Bertz CT molecular complexity index is 1280. The first kappa shape index (κ1) is 19.8. The van der Waals surface area contributed by atoms with Crippen molar-refractivity contribution in [3.63, 3.8) is 0 Å². The Morgan fingerprint density at radius 1 is 1.13 bits per heavy atom. The third-order valence-corrected chi connectivity index (χ3v) is 6.37. The van der Waals surface area contributed by atoms with Gasteiger partial charge >= 0.3 is 0 Å². The van der Waals surface area contributed by atoms with Crippen LogP contribution in [0, 0.1) is 0 Å². The van der Waals surface area contributed by atoms with E-state index in [9.17, 15) is 4.79 Å². The Hall–Kier alpha value is -3.12. The predicted molar refractivity (Wildman–Crippen MR) is 125 cm³/mol. The molecular formula is C25H29N5O. The summed E-state index contributed by atoms with van der Waals surface area (Å²) in [7, 11) is 2.04. The predicted octanol–water partition coefficient (Wildman–Crippen LogP) is 4.34. The largest absolute Gasteiger partial charge is 0.337 e. The van der Waals surface area contributed by atoms with Crippen LogP contribution in [0.25, 0.3) is 33.5 Å². The van der Waals surface area contributed by atoms with E-state index in [1.165, 1.54) is 10.9 Å². The van der Waals surface area contributed by atoms with Gasteiger partial charge in [-0.1, -0.05) is 18.2 Å². The van der Waals surface area contributed by atoms with Crippen molar-refractivity contribution < 1.29 is 4.79 Å². The van der Waals surface area contributed by atoms with Crippen LogP contribution in [0.2, 0.25) is 0 Å². The molecule has 1 fully saturated rings. The highest BCUT2D eigenvalue weighted by atomic mass is 16.2. The van der Waals surface area contributed by atoms with Gasteiger partial charge in [0.25, 0.3) is 5.91 Å². The van der Waals surface area contributed by atoms with Crippen molar-refractivity contribution >= 4 is 27.8 Å². The third kappa shape index (κ3) is 3.31. The SMILES string of the molecule is CC(C)n1c(-c2nc3cc(C(=O)N4CCCC(N)C4)ccc3n2C)cc2ccccc21. The molecule has 1 aliphatic heterocycles. The van der Waals surface area contributed by atoms with Crippen molar-refractivity contribution in [2.24, 2.45) is 12.8 Å². The van der Waals surface area contributed by atoms with E-state index in [2.05, 4.69) is 53.3 Å². The number of hydrogen-bond acceptors (Lipinski definition) is 3. The Kier molecular flexibility index (Phi) is 4.82. The van der Waals surface area contributed by atoms with Crippen LogP contribution in [0.3, 0.4) is 0 Å². The zero-order valence-electron chi connectivity index (χ0n) is 18.4. The van der Waals surface area contributed by atoms with Gasteiger partial charge in [0.1, 0.15) is 0 Å². The smallest absolute Gasteiger partial charge is 0.253 e. The summed E-state index contributed by atoms with van der Waals surface area (Å²) >= 11 is 0. The quantitative estimate of drug-likeness (QED) is 0.541. The second-order valence-corrected chi connectivity index (χ2v) is 8.90. The standard InChI is InChI=1S/C25H29N5O/c1-16(2)30-21-9-5-4-7-17(21)14-23(30)24-27-20-13-18(10-11-22(20)28(24)3)25(31)29-12-6-8-19(26)15-29/h4-5,7,9-11,13-14,16,19H,6,8,12,15,26H2,1-3H3. The first-order valence-electron chi connectivity index (χ1n) is 11.1. The number of imidazole rings is 1. The number of aryl methyl sites for hydroxylation is 1. The van der Waals surface area contributed by atoms with Crippen molar-refractivity contribution in [3.05, 3.63) is 54.1 Å². The maximum atomic E-state index is 13.0. The molecule has 0 aliphatic carbocycles. The van der Waals surface area contributed by atoms with E-state index in [-0.39, 0.29) is 11.9 Å². The lowest BCUT2D eigenvalue weighted by atomic mass is 10.1. The molecule has 0 saturated carbocycles. The number of aromatic nitrogens is 3. The maximum Gasteiger partial charge on any atom is 0.253 e. The molecule has 2 aromatic heterocycles. The Morgan fingerprint density at radius 2 is 1.94 bits per heavy atom. The van der Waals surface area contributed by atoms with Crippen LogP contribution in [0.4, 0.5) is 0 Å². The second kappa shape index (κ2) is 7.54. The molecule has 4 aromatic rings. The minimum atomic E-state index is 0.0422. The molecule has 1 unspecified atom stereocenters. The summed E-state index contributed by atoms with van der Waals surface area (Å²) in [5.74, 6) is 0.949. The molecule has 1 saturated heterocycles. The van der Waals surface area contributed by atoms with Crippen molar-refractivity contribution in [1.82, 2.24) is 19.0 Å². The van der Waals surface area contributed by atoms with Gasteiger partial charge in [-0.25, -0.2) is 4.98 Å². The molecule has 1 amide bonds. The van der Waals surface area contributed by atoms with Crippen molar-refractivity contribution in [3.8, 4) is 11.5 Å². The zero-order valence-corrected chi connectivity index (χ0v) is 18.4. The van der Waals surface area contributed by atoms with E-state index in [4.69, 9.17) is 10.7 Å². The molecule has 2 N–H and O–H groups in total. The van der Waals surface area contributed by atoms with Crippen LogP contribution in [-0.4, -0.2) is 44.1 Å². The third-order valence-electron chi connectivity index (χ3n) is 6.37. The van der Waals surface area contributed by atoms with E-state index in [0.717, 1.165) is 41.9 Å². The van der Waals surface area contributed by atoms with Gasteiger partial charge in [0.2, 0.25) is 0 Å². The summed E-state index contributed by atoms with van der Waals surface area (Å²) in [6.07, 6.45) is 1.94. The fraction of sp³-hybridized carbons (Fsp3) is 0.360. The van der Waals surface area contributed by atoms with Crippen LogP contribution in [0.15, 0.2) is 48.5 Å². The summed E-state index contributed by atoms with van der Waals surface area (Å²) in [6, 6.07) is 16.8. The van der Waals surface area contributed by atoms with Gasteiger partial charge in [-0.2, -0.15) is 0 Å². The van der Waals surface area contributed by atoms with Crippen molar-refractivity contribution in [2.45, 2.75) is 38.8 Å². The number of piperidine rings is 1. The zero-order chi connectivity index (χ0) is 21.7. The number of benzene rings is 2. The molecular weight excluding hydrogens is 386 g/mol. The fourth-order valence-corrected chi connectivity index (χ4v) is 4.84. The number of nitrogens with two attached hydrogens (primary N) is 1. The van der Waals surface area contributed by atoms with Crippen LogP contribution in [-0.2, 0) is 7.05 Å². The average molecular weight is 416 g/mol. The number of carbonyl (C=O) groups excluding carboxylic acids is 1. The number of likely N-dealkylation sites (tertiary alicyclic amines) is 1. The number of rotatable bonds is 3. The first-order chi connectivity index (χ1) is 14.9. The van der Waals surface area contributed by atoms with Crippen LogP contribution in [0.1, 0.15) is 43.1 Å². The Balaban J connectivity index is 1.59. The molecule has 0 spiro atoms. The molecule has 5 rings (SSSR count). The molecule has 3 heterocycles. The average Bonchev–Trinajstić information content (AvgIpc) is 3.30. The number of carbonyl (C=O) groups is 1. The molecule has 0 bridgehead atoms. The van der Waals surface area contributed by atoms with Crippen molar-refractivity contribution in [1.29, 1.82) is 0 Å². The summed E-state index contributed by atoms with van der Waals surface area (Å²) in [5.41, 5.74) is 10.9. The Labute approximate surface area is 182 Å². The number of amides is 1. The first-order valence-corrected chi connectivity index (χ1v) is 11.1. The number of fused-ring (bicyclic) bond motifs is 2. The number of hydrogen-bond donors (Lipinski definition) is 1. The van der Waals surface area contributed by atoms with E-state index in [1.54, 1.807) is 0 Å². The van der Waals surface area contributed by atoms with E-state index in [1.807, 2.05) is 30.1 Å². The lowest BCUT2D eigenvalue weighted by molar-refractivity contribution is 0.0709. The van der Waals surface area contributed by atoms with Gasteiger partial charge in [-0.3, -0.25) is 4.79 Å². The molecule has 160 valence electrons. The molecule has 1 aliphatic rings. The van der Waals surface area contributed by atoms with Gasteiger partial charge in [0.15, 0.2) is 5.82 Å². The molecule has 6 heteroatoms. The molecule has 2 aromatic carbocycles. The second-order valence-electron chi connectivity index (χ2n) is 8.90. The molecule has 1 atom stereocenters. The fourth-order valence-electron chi connectivity index (χ4n) is 4.84. The van der Waals surface area contributed by atoms with E-state index in [0.29, 0.717) is 18.2 Å². The maximum absolute atomic E-state index is 13.0. The topological polar surface area (TPSA) is 69.1 Å². The highest BCUT2D eigenvalue weighted by molar-refractivity contribution is 5.98. The van der Waals surface area contributed by atoms with Gasteiger partial charge in [0, 0.05) is 48.7 Å². The van der Waals surface area contributed by atoms with Gasteiger partial charge in [-0.05, 0) is 57.0 Å². The molecule has 6 nitrogen and oxygen atoms in total. The minimum Gasteiger partial charge on any atom is -0.337 e. The highest BCUT2D eigenvalue weighted by Gasteiger charge is 2.24. The van der Waals surface area contributed by atoms with Gasteiger partial charge in [0.05, 0.1) is 16.7 Å². The lowest BCUT2D eigenvalue weighted by Crippen LogP contribution is -2.45. The summed E-state index contributed by atoms with van der Waals surface area (Å²) in [5, 5.41) is 1.20. The minimum absolute atomic E-state index is 0.0422. The summed E-state index contributed by atoms with van der Waals surface area (Å²) in [6.45, 7) is 5.78. The molecule has 0 radical (unpaired) electrons. The normalized spacial score (nSPS) is 17.2. The number of para-hydroxylation sites is 1. The Morgan fingerprint density at radius 3 is 2.71 bits per heavy atom. The van der Waals surface area contributed by atoms with Crippen LogP contribution in [0.5, 0.6) is 0 Å². The molecule has 31 heavy (non-hydrogen) atoms. The lowest BCUT2D eigenvalue weighted by Gasteiger charge is -2.30. The van der Waals surface area contributed by atoms with Crippen molar-refractivity contribution in [2.75, 3.05) is 13.1 Å². The summed E-state index contributed by atoms with van der Waals surface area (Å²) in [4.78, 5) is 19.9. The number of nitrogens with zero attached hydrogens (tertiary/aromatic N) is 4. The monoisotopic (exact) mass is 415 g/mol. The van der Waals surface area contributed by atoms with E-state index >= 15 is 0 Å². The van der Waals surface area contributed by atoms with Crippen LogP contribution >= 0.6 is 0 Å².